The first-order valence-corrected chi connectivity index (χ1v) is 8.24. The molecule has 0 aliphatic carbocycles. The van der Waals surface area contributed by atoms with Crippen molar-refractivity contribution in [2.45, 2.75) is 33.1 Å². The summed E-state index contributed by atoms with van der Waals surface area (Å²) < 4.78 is 0. The van der Waals surface area contributed by atoms with Gasteiger partial charge in [-0.1, -0.05) is 12.1 Å². The van der Waals surface area contributed by atoms with Gasteiger partial charge in [0.15, 0.2) is 0 Å². The van der Waals surface area contributed by atoms with Crippen LogP contribution >= 0.6 is 0 Å². The van der Waals surface area contributed by atoms with Crippen LogP contribution in [0.25, 0.3) is 0 Å². The number of aromatic nitrogens is 1. The minimum atomic E-state index is -0.0904. The Bertz CT molecular complexity index is 706. The highest BCUT2D eigenvalue weighted by Crippen LogP contribution is 2.23. The first-order valence-electron chi connectivity index (χ1n) is 8.24. The van der Waals surface area contributed by atoms with E-state index in [2.05, 4.69) is 15.2 Å². The number of benzene rings is 1. The number of piperidine rings is 1. The second-order valence-electron chi connectivity index (χ2n) is 6.19. The molecule has 2 aromatic rings. The number of hydrogen-bond acceptors (Lipinski definition) is 3. The first kappa shape index (κ1) is 15.5. The molecule has 1 fully saturated rings. The Balaban J connectivity index is 1.86. The van der Waals surface area contributed by atoms with Crippen LogP contribution in [0.2, 0.25) is 0 Å². The lowest BCUT2D eigenvalue weighted by Crippen LogP contribution is -2.32. The van der Waals surface area contributed by atoms with Crippen molar-refractivity contribution in [1.82, 2.24) is 4.98 Å². The monoisotopic (exact) mass is 309 g/mol. The zero-order chi connectivity index (χ0) is 16.2. The number of nitrogens with zero attached hydrogens (tertiary/aromatic N) is 2. The molecule has 0 atom stereocenters. The summed E-state index contributed by atoms with van der Waals surface area (Å²) in [6.45, 7) is 5.98. The maximum Gasteiger partial charge on any atom is 0.259 e. The Labute approximate surface area is 137 Å². The molecule has 0 radical (unpaired) electrons. The molecule has 1 amide bonds. The summed E-state index contributed by atoms with van der Waals surface area (Å²) in [5.41, 5.74) is 3.71. The van der Waals surface area contributed by atoms with Crippen LogP contribution in [0, 0.1) is 13.8 Å². The number of pyridine rings is 1. The number of nitrogens with one attached hydrogen (secondary N) is 1. The Morgan fingerprint density at radius 1 is 1.13 bits per heavy atom. The van der Waals surface area contributed by atoms with Crippen molar-refractivity contribution in [2.75, 3.05) is 23.3 Å². The third-order valence-electron chi connectivity index (χ3n) is 4.33. The average Bonchev–Trinajstić information content (AvgIpc) is 2.59. The molecular weight excluding hydrogens is 286 g/mol. The van der Waals surface area contributed by atoms with Gasteiger partial charge in [0, 0.05) is 25.0 Å². The van der Waals surface area contributed by atoms with E-state index in [-0.39, 0.29) is 5.91 Å². The topological polar surface area (TPSA) is 45.2 Å². The van der Waals surface area contributed by atoms with Crippen molar-refractivity contribution in [2.24, 2.45) is 0 Å². The van der Waals surface area contributed by atoms with Crippen LogP contribution in [0.3, 0.4) is 0 Å². The molecule has 120 valence electrons. The molecule has 1 aliphatic rings. The average molecular weight is 309 g/mol. The Hall–Kier alpha value is -2.36. The summed E-state index contributed by atoms with van der Waals surface area (Å²) in [5.74, 6) is 0.711. The summed E-state index contributed by atoms with van der Waals surface area (Å²) in [7, 11) is 0. The van der Waals surface area contributed by atoms with Crippen molar-refractivity contribution in [3.05, 3.63) is 53.2 Å². The predicted octanol–water partition coefficient (Wildman–Crippen LogP) is 3.94. The number of anilines is 2. The zero-order valence-electron chi connectivity index (χ0n) is 13.8. The second-order valence-corrected chi connectivity index (χ2v) is 6.19. The van der Waals surface area contributed by atoms with Gasteiger partial charge in [0.25, 0.3) is 5.91 Å². The van der Waals surface area contributed by atoms with Crippen molar-refractivity contribution in [3.63, 3.8) is 0 Å². The number of amides is 1. The van der Waals surface area contributed by atoms with E-state index in [0.29, 0.717) is 5.56 Å². The minimum absolute atomic E-state index is 0.0904. The normalized spacial score (nSPS) is 14.6. The van der Waals surface area contributed by atoms with Gasteiger partial charge in [-0.15, -0.1) is 0 Å². The van der Waals surface area contributed by atoms with Crippen LogP contribution in [0.1, 0.15) is 40.7 Å². The Kier molecular flexibility index (Phi) is 4.60. The Morgan fingerprint density at radius 2 is 1.91 bits per heavy atom. The first-order chi connectivity index (χ1) is 11.1. The van der Waals surface area contributed by atoms with E-state index in [1.54, 1.807) is 6.20 Å². The standard InChI is InChI=1S/C19H23N3O/c1-14-8-9-15(2)17(13-14)21-19(23)16-7-6-10-20-18(16)22-11-4-3-5-12-22/h6-10,13H,3-5,11-12H2,1-2H3,(H,21,23). The summed E-state index contributed by atoms with van der Waals surface area (Å²) in [6, 6.07) is 9.76. The lowest BCUT2D eigenvalue weighted by atomic mass is 10.1. The van der Waals surface area contributed by atoms with E-state index in [0.717, 1.165) is 48.6 Å². The van der Waals surface area contributed by atoms with Crippen LogP contribution < -0.4 is 10.2 Å². The summed E-state index contributed by atoms with van der Waals surface area (Å²) in [4.78, 5) is 19.5. The van der Waals surface area contributed by atoms with Crippen molar-refractivity contribution < 1.29 is 4.79 Å². The van der Waals surface area contributed by atoms with Crippen LogP contribution in [-0.4, -0.2) is 24.0 Å². The highest BCUT2D eigenvalue weighted by molar-refractivity contribution is 6.07. The van der Waals surface area contributed by atoms with E-state index < -0.39 is 0 Å². The van der Waals surface area contributed by atoms with Crippen LogP contribution in [0.4, 0.5) is 11.5 Å². The van der Waals surface area contributed by atoms with Crippen molar-refractivity contribution >= 4 is 17.4 Å². The summed E-state index contributed by atoms with van der Waals surface area (Å²) in [5, 5.41) is 3.04. The van der Waals surface area contributed by atoms with Crippen molar-refractivity contribution in [3.8, 4) is 0 Å². The van der Waals surface area contributed by atoms with Gasteiger partial charge in [0.05, 0.1) is 5.56 Å². The molecule has 1 aliphatic heterocycles. The van der Waals surface area contributed by atoms with Crippen LogP contribution in [-0.2, 0) is 0 Å². The maximum absolute atomic E-state index is 12.8. The van der Waals surface area contributed by atoms with Gasteiger partial charge in [0.1, 0.15) is 5.82 Å². The van der Waals surface area contributed by atoms with Gasteiger partial charge in [-0.05, 0) is 62.4 Å². The predicted molar refractivity (Wildman–Crippen MR) is 94.2 cm³/mol. The molecule has 0 saturated carbocycles. The minimum Gasteiger partial charge on any atom is -0.356 e. The largest absolute Gasteiger partial charge is 0.356 e. The molecule has 0 unspecified atom stereocenters. The number of aryl methyl sites for hydroxylation is 2. The van der Waals surface area contributed by atoms with Crippen LogP contribution in [0.5, 0.6) is 0 Å². The number of carbonyl (C=O) groups is 1. The molecule has 2 heterocycles. The SMILES string of the molecule is Cc1ccc(C)c(NC(=O)c2cccnc2N2CCCCC2)c1. The van der Waals surface area contributed by atoms with E-state index in [1.165, 1.54) is 6.42 Å². The maximum atomic E-state index is 12.8. The van der Waals surface area contributed by atoms with Gasteiger partial charge < -0.3 is 10.2 Å². The van der Waals surface area contributed by atoms with Gasteiger partial charge in [0.2, 0.25) is 0 Å². The van der Waals surface area contributed by atoms with Gasteiger partial charge >= 0.3 is 0 Å². The van der Waals surface area contributed by atoms with Gasteiger partial charge in [-0.2, -0.15) is 0 Å². The van der Waals surface area contributed by atoms with E-state index in [4.69, 9.17) is 0 Å². The van der Waals surface area contributed by atoms with Crippen molar-refractivity contribution in [1.29, 1.82) is 0 Å². The Morgan fingerprint density at radius 3 is 2.70 bits per heavy atom. The molecule has 4 heteroatoms. The molecular formula is C19H23N3O. The second kappa shape index (κ2) is 6.82. The summed E-state index contributed by atoms with van der Waals surface area (Å²) >= 11 is 0. The molecule has 1 saturated heterocycles. The van der Waals surface area contributed by atoms with Crippen LogP contribution in [0.15, 0.2) is 36.5 Å². The highest BCUT2D eigenvalue weighted by Gasteiger charge is 2.20. The quantitative estimate of drug-likeness (QED) is 0.934. The molecule has 0 spiro atoms. The molecule has 0 bridgehead atoms. The van der Waals surface area contributed by atoms with E-state index in [9.17, 15) is 4.79 Å². The van der Waals surface area contributed by atoms with Gasteiger partial charge in [-0.3, -0.25) is 4.79 Å². The molecule has 1 aromatic carbocycles. The molecule has 4 nitrogen and oxygen atoms in total. The van der Waals surface area contributed by atoms with E-state index in [1.807, 2.05) is 44.2 Å². The van der Waals surface area contributed by atoms with E-state index >= 15 is 0 Å². The number of hydrogen-bond donors (Lipinski definition) is 1. The molecule has 1 N–H and O–H groups in total. The third-order valence-corrected chi connectivity index (χ3v) is 4.33. The molecule has 1 aromatic heterocycles. The lowest BCUT2D eigenvalue weighted by molar-refractivity contribution is 0.102. The number of carbonyl (C=O) groups excluding carboxylic acids is 1. The number of rotatable bonds is 3. The third kappa shape index (κ3) is 3.52. The summed E-state index contributed by atoms with van der Waals surface area (Å²) in [6.07, 6.45) is 5.34. The smallest absolute Gasteiger partial charge is 0.259 e. The zero-order valence-corrected chi connectivity index (χ0v) is 13.8. The fraction of sp³-hybridized carbons (Fsp3) is 0.368. The fourth-order valence-corrected chi connectivity index (χ4v) is 2.99. The van der Waals surface area contributed by atoms with Gasteiger partial charge in [-0.25, -0.2) is 4.98 Å². The lowest BCUT2D eigenvalue weighted by Gasteiger charge is -2.29. The fourth-order valence-electron chi connectivity index (χ4n) is 2.99. The highest BCUT2D eigenvalue weighted by atomic mass is 16.1. The molecule has 3 rings (SSSR count). The molecule has 23 heavy (non-hydrogen) atoms.